The van der Waals surface area contributed by atoms with Gasteiger partial charge in [0.15, 0.2) is 0 Å². The van der Waals surface area contributed by atoms with Crippen LogP contribution in [0.5, 0.6) is 0 Å². The predicted octanol–water partition coefficient (Wildman–Crippen LogP) is 3.48. The second-order valence-electron chi connectivity index (χ2n) is 8.30. The van der Waals surface area contributed by atoms with Gasteiger partial charge in [-0.25, -0.2) is 9.97 Å². The minimum atomic E-state index is -0.00585. The first-order valence-electron chi connectivity index (χ1n) is 11.1. The van der Waals surface area contributed by atoms with Crippen LogP contribution in [0.1, 0.15) is 25.3 Å². The Hall–Kier alpha value is -3.72. The molecule has 1 aliphatic rings. The summed E-state index contributed by atoms with van der Waals surface area (Å²) in [5, 5.41) is 18.0. The fourth-order valence-corrected chi connectivity index (χ4v) is 4.01. The SMILES string of the molecule is CN/C(C)=C\C(=N)Nc1ncc(C)c(-c2c[nH]c3c(NC(=O)CN4CCCC4)cccc23)n1. The van der Waals surface area contributed by atoms with Gasteiger partial charge in [-0.3, -0.25) is 15.1 Å². The van der Waals surface area contributed by atoms with Crippen LogP contribution in [-0.4, -0.2) is 58.3 Å². The Balaban J connectivity index is 1.59. The van der Waals surface area contributed by atoms with E-state index in [1.807, 2.05) is 38.2 Å². The van der Waals surface area contributed by atoms with Gasteiger partial charge in [-0.05, 0) is 57.5 Å². The number of nitrogens with zero attached hydrogens (tertiary/aromatic N) is 3. The van der Waals surface area contributed by atoms with Crippen molar-refractivity contribution in [3.63, 3.8) is 0 Å². The standard InChI is InChI=1S/C24H30N8O/c1-15-12-28-24(30-20(25)11-16(2)26-3)31-22(15)18-13-27-23-17(18)7-6-8-19(23)29-21(33)14-32-9-4-5-10-32/h6-8,11-13,26-27H,4-5,9-10,14H2,1-3H3,(H,29,33)(H2,25,28,30,31)/b16-11-. The molecule has 0 radical (unpaired) electrons. The molecule has 5 N–H and O–H groups in total. The van der Waals surface area contributed by atoms with E-state index >= 15 is 0 Å². The average molecular weight is 447 g/mol. The summed E-state index contributed by atoms with van der Waals surface area (Å²) in [7, 11) is 1.81. The summed E-state index contributed by atoms with van der Waals surface area (Å²) in [4.78, 5) is 27.0. The van der Waals surface area contributed by atoms with E-state index in [0.29, 0.717) is 12.5 Å². The molecule has 0 spiro atoms. The van der Waals surface area contributed by atoms with Crippen LogP contribution in [0, 0.1) is 12.3 Å². The molecule has 1 fully saturated rings. The van der Waals surface area contributed by atoms with Crippen LogP contribution in [0.3, 0.4) is 0 Å². The summed E-state index contributed by atoms with van der Waals surface area (Å²) in [6, 6.07) is 5.84. The summed E-state index contributed by atoms with van der Waals surface area (Å²) in [5.74, 6) is 0.539. The number of fused-ring (bicyclic) bond motifs is 1. The monoisotopic (exact) mass is 446 g/mol. The minimum absolute atomic E-state index is 0.00585. The predicted molar refractivity (Wildman–Crippen MR) is 133 cm³/mol. The third kappa shape index (κ3) is 5.20. The number of nitrogens with one attached hydrogen (secondary N) is 5. The molecular formula is C24H30N8O. The van der Waals surface area contributed by atoms with Crippen LogP contribution in [0.15, 0.2) is 42.4 Å². The lowest BCUT2D eigenvalue weighted by molar-refractivity contribution is -0.117. The number of likely N-dealkylation sites (tertiary alicyclic amines) is 1. The quantitative estimate of drug-likeness (QED) is 0.280. The van der Waals surface area contributed by atoms with Crippen molar-refractivity contribution >= 4 is 34.3 Å². The maximum Gasteiger partial charge on any atom is 0.238 e. The van der Waals surface area contributed by atoms with Gasteiger partial charge in [0.1, 0.15) is 5.84 Å². The van der Waals surface area contributed by atoms with E-state index in [4.69, 9.17) is 5.41 Å². The third-order valence-corrected chi connectivity index (χ3v) is 5.78. The van der Waals surface area contributed by atoms with Crippen LogP contribution >= 0.6 is 0 Å². The third-order valence-electron chi connectivity index (χ3n) is 5.78. The van der Waals surface area contributed by atoms with E-state index in [9.17, 15) is 4.79 Å². The molecular weight excluding hydrogens is 416 g/mol. The number of hydrogen-bond donors (Lipinski definition) is 5. The Morgan fingerprint density at radius 1 is 1.27 bits per heavy atom. The highest BCUT2D eigenvalue weighted by Crippen LogP contribution is 2.33. The highest BCUT2D eigenvalue weighted by atomic mass is 16.2. The number of benzene rings is 1. The zero-order chi connectivity index (χ0) is 23.4. The molecule has 0 bridgehead atoms. The molecule has 172 valence electrons. The number of aromatic amines is 1. The lowest BCUT2D eigenvalue weighted by Crippen LogP contribution is -2.30. The maximum atomic E-state index is 12.6. The van der Waals surface area contributed by atoms with Crippen molar-refractivity contribution in [2.45, 2.75) is 26.7 Å². The van der Waals surface area contributed by atoms with Crippen molar-refractivity contribution < 1.29 is 4.79 Å². The number of carbonyl (C=O) groups excluding carboxylic acids is 1. The number of para-hydroxylation sites is 1. The lowest BCUT2D eigenvalue weighted by Gasteiger charge is -2.14. The second kappa shape index (κ2) is 9.83. The molecule has 1 aromatic carbocycles. The smallest absolute Gasteiger partial charge is 0.238 e. The van der Waals surface area contributed by atoms with Gasteiger partial charge in [-0.1, -0.05) is 12.1 Å². The number of amidine groups is 1. The van der Waals surface area contributed by atoms with Crippen molar-refractivity contribution in [2.75, 3.05) is 37.3 Å². The number of carbonyl (C=O) groups is 1. The molecule has 2 aromatic heterocycles. The molecule has 3 heterocycles. The Bertz CT molecular complexity index is 1210. The van der Waals surface area contributed by atoms with Crippen LogP contribution in [0.4, 0.5) is 11.6 Å². The minimum Gasteiger partial charge on any atom is -0.392 e. The largest absolute Gasteiger partial charge is 0.392 e. The fourth-order valence-electron chi connectivity index (χ4n) is 4.01. The van der Waals surface area contributed by atoms with E-state index < -0.39 is 0 Å². The van der Waals surface area contributed by atoms with Gasteiger partial charge in [-0.15, -0.1) is 0 Å². The zero-order valence-electron chi connectivity index (χ0n) is 19.2. The van der Waals surface area contributed by atoms with E-state index in [1.165, 1.54) is 0 Å². The van der Waals surface area contributed by atoms with E-state index in [0.717, 1.165) is 65.0 Å². The van der Waals surface area contributed by atoms with Crippen LogP contribution in [-0.2, 0) is 4.79 Å². The Labute approximate surface area is 193 Å². The summed E-state index contributed by atoms with van der Waals surface area (Å²) in [6.45, 7) is 6.21. The van der Waals surface area contributed by atoms with Crippen molar-refractivity contribution in [2.24, 2.45) is 0 Å². The number of aromatic nitrogens is 3. The molecule has 0 saturated carbocycles. The first-order valence-corrected chi connectivity index (χ1v) is 11.1. The van der Waals surface area contributed by atoms with Gasteiger partial charge in [0, 0.05) is 36.1 Å². The first kappa shape index (κ1) is 22.5. The van der Waals surface area contributed by atoms with Gasteiger partial charge in [0.05, 0.1) is 23.4 Å². The van der Waals surface area contributed by atoms with Crippen molar-refractivity contribution in [1.82, 2.24) is 25.2 Å². The van der Waals surface area contributed by atoms with Gasteiger partial charge < -0.3 is 20.9 Å². The number of aryl methyl sites for hydroxylation is 1. The molecule has 0 atom stereocenters. The van der Waals surface area contributed by atoms with Crippen molar-refractivity contribution in [3.05, 3.63) is 47.9 Å². The Kier molecular flexibility index (Phi) is 6.69. The molecule has 9 heteroatoms. The highest BCUT2D eigenvalue weighted by Gasteiger charge is 2.18. The molecule has 33 heavy (non-hydrogen) atoms. The number of allylic oxidation sites excluding steroid dienone is 1. The number of hydrogen-bond acceptors (Lipinski definition) is 6. The Morgan fingerprint density at radius 2 is 2.06 bits per heavy atom. The average Bonchev–Trinajstić information content (AvgIpc) is 3.45. The van der Waals surface area contributed by atoms with E-state index in [1.54, 1.807) is 19.3 Å². The molecule has 0 unspecified atom stereocenters. The molecule has 9 nitrogen and oxygen atoms in total. The summed E-state index contributed by atoms with van der Waals surface area (Å²) >= 11 is 0. The van der Waals surface area contributed by atoms with E-state index in [2.05, 4.69) is 35.8 Å². The number of rotatable bonds is 7. The van der Waals surface area contributed by atoms with Crippen LogP contribution < -0.4 is 16.0 Å². The van der Waals surface area contributed by atoms with Crippen molar-refractivity contribution in [1.29, 1.82) is 5.41 Å². The number of anilines is 2. The lowest BCUT2D eigenvalue weighted by atomic mass is 10.1. The fraction of sp³-hybridized carbons (Fsp3) is 0.333. The molecule has 4 rings (SSSR count). The molecule has 0 aliphatic carbocycles. The van der Waals surface area contributed by atoms with Crippen molar-refractivity contribution in [3.8, 4) is 11.3 Å². The van der Waals surface area contributed by atoms with Crippen LogP contribution in [0.25, 0.3) is 22.2 Å². The summed E-state index contributed by atoms with van der Waals surface area (Å²) in [6.07, 6.45) is 7.63. The topological polar surface area (TPSA) is 122 Å². The van der Waals surface area contributed by atoms with E-state index in [-0.39, 0.29) is 11.7 Å². The van der Waals surface area contributed by atoms with Gasteiger partial charge in [-0.2, -0.15) is 0 Å². The van der Waals surface area contributed by atoms with Crippen LogP contribution in [0.2, 0.25) is 0 Å². The Morgan fingerprint density at radius 3 is 2.82 bits per heavy atom. The number of amides is 1. The highest BCUT2D eigenvalue weighted by molar-refractivity contribution is 6.06. The van der Waals surface area contributed by atoms with Gasteiger partial charge >= 0.3 is 0 Å². The zero-order valence-corrected chi connectivity index (χ0v) is 19.2. The molecule has 1 aliphatic heterocycles. The normalized spacial score (nSPS) is 14.5. The van der Waals surface area contributed by atoms with Gasteiger partial charge in [0.2, 0.25) is 11.9 Å². The molecule has 1 amide bonds. The first-order chi connectivity index (χ1) is 15.9. The summed E-state index contributed by atoms with van der Waals surface area (Å²) < 4.78 is 0. The number of H-pyrrole nitrogens is 1. The molecule has 3 aromatic rings. The second-order valence-corrected chi connectivity index (χ2v) is 8.30. The maximum absolute atomic E-state index is 12.6. The molecule has 1 saturated heterocycles. The summed E-state index contributed by atoms with van der Waals surface area (Å²) in [5.41, 5.74) is 5.06. The van der Waals surface area contributed by atoms with Gasteiger partial charge in [0.25, 0.3) is 0 Å².